The number of nitrogens with zero attached hydrogens (tertiary/aromatic N) is 2. The van der Waals surface area contributed by atoms with Crippen LogP contribution in [0.1, 0.15) is 19.8 Å². The van der Waals surface area contributed by atoms with Gasteiger partial charge in [0.1, 0.15) is 0 Å². The Hall–Kier alpha value is -1.56. The van der Waals surface area contributed by atoms with Crippen molar-refractivity contribution in [1.29, 1.82) is 5.26 Å². The van der Waals surface area contributed by atoms with E-state index in [1.165, 1.54) is 0 Å². The molecule has 80 valence electrons. The van der Waals surface area contributed by atoms with Crippen molar-refractivity contribution in [3.63, 3.8) is 0 Å². The largest absolute Gasteiger partial charge is 0.339 e. The minimum absolute atomic E-state index is 0.0314. The zero-order valence-electron chi connectivity index (χ0n) is 9.07. The molecule has 0 saturated carbocycles. The van der Waals surface area contributed by atoms with Gasteiger partial charge in [0.2, 0.25) is 0 Å². The fourth-order valence-electron chi connectivity index (χ4n) is 1.72. The maximum Gasteiger partial charge on any atom is 0.253 e. The number of hydrogen-bond acceptors (Lipinski definition) is 2. The molecule has 0 unspecified atom stereocenters. The summed E-state index contributed by atoms with van der Waals surface area (Å²) >= 11 is 0. The number of nitriles is 1. The molecule has 3 heteroatoms. The first kappa shape index (κ1) is 11.5. The lowest BCUT2D eigenvalue weighted by molar-refractivity contribution is -0.127. The number of carbonyl (C=O) groups excluding carboxylic acids is 1. The Morgan fingerprint density at radius 3 is 2.53 bits per heavy atom. The molecule has 1 aliphatic heterocycles. The summed E-state index contributed by atoms with van der Waals surface area (Å²) in [5.41, 5.74) is 0.644. The van der Waals surface area contributed by atoms with Gasteiger partial charge in [-0.05, 0) is 19.8 Å². The molecule has 0 N–H and O–H groups in total. The summed E-state index contributed by atoms with van der Waals surface area (Å²) in [7, 11) is 0. The van der Waals surface area contributed by atoms with Gasteiger partial charge >= 0.3 is 0 Å². The molecule has 0 bridgehead atoms. The number of piperidine rings is 1. The molecular weight excluding hydrogens is 188 g/mol. The number of likely N-dealkylation sites (tertiary alicyclic amines) is 1. The summed E-state index contributed by atoms with van der Waals surface area (Å²) in [4.78, 5) is 13.7. The fourth-order valence-corrected chi connectivity index (χ4v) is 1.72. The fraction of sp³-hybridized carbons (Fsp3) is 0.500. The van der Waals surface area contributed by atoms with E-state index in [9.17, 15) is 4.79 Å². The molecule has 15 heavy (non-hydrogen) atoms. The maximum atomic E-state index is 11.9. The van der Waals surface area contributed by atoms with E-state index in [1.807, 2.05) is 6.92 Å². The molecule has 0 aliphatic carbocycles. The van der Waals surface area contributed by atoms with E-state index >= 15 is 0 Å². The lowest BCUT2D eigenvalue weighted by Crippen LogP contribution is -2.38. The maximum absolute atomic E-state index is 11.9. The standard InChI is InChI=1S/C12H16N2O/c1-3-11(4-2)12(15)14-7-5-10(9-13)6-8-14/h3-4,10H,1,5-8H2,2H3/b11-4+. The van der Waals surface area contributed by atoms with Crippen molar-refractivity contribution in [2.75, 3.05) is 13.1 Å². The van der Waals surface area contributed by atoms with Crippen LogP contribution in [0.5, 0.6) is 0 Å². The van der Waals surface area contributed by atoms with E-state index in [0.717, 1.165) is 12.8 Å². The topological polar surface area (TPSA) is 44.1 Å². The minimum atomic E-state index is 0.0314. The van der Waals surface area contributed by atoms with E-state index in [1.54, 1.807) is 17.1 Å². The van der Waals surface area contributed by atoms with Crippen molar-refractivity contribution >= 4 is 5.91 Å². The Morgan fingerprint density at radius 2 is 2.13 bits per heavy atom. The van der Waals surface area contributed by atoms with Crippen molar-refractivity contribution in [2.45, 2.75) is 19.8 Å². The average Bonchev–Trinajstić information content (AvgIpc) is 2.30. The highest BCUT2D eigenvalue weighted by Gasteiger charge is 2.23. The number of rotatable bonds is 2. The van der Waals surface area contributed by atoms with Crippen molar-refractivity contribution in [1.82, 2.24) is 4.90 Å². The second kappa shape index (κ2) is 5.35. The lowest BCUT2D eigenvalue weighted by atomic mass is 9.98. The van der Waals surface area contributed by atoms with Crippen LogP contribution in [0, 0.1) is 17.2 Å². The SMILES string of the molecule is C=C/C(=C\C)C(=O)N1CCC(C#N)CC1. The molecule has 1 aliphatic rings. The predicted octanol–water partition coefficient (Wildman–Crippen LogP) is 1.88. The van der Waals surface area contributed by atoms with Crippen LogP contribution in [-0.2, 0) is 4.79 Å². The van der Waals surface area contributed by atoms with E-state index in [4.69, 9.17) is 5.26 Å². The van der Waals surface area contributed by atoms with Crippen molar-refractivity contribution < 1.29 is 4.79 Å². The van der Waals surface area contributed by atoms with Crippen LogP contribution in [-0.4, -0.2) is 23.9 Å². The first-order chi connectivity index (χ1) is 7.22. The molecule has 1 rings (SSSR count). The zero-order valence-corrected chi connectivity index (χ0v) is 9.07. The van der Waals surface area contributed by atoms with Crippen LogP contribution in [0.15, 0.2) is 24.3 Å². The Bertz CT molecular complexity index is 317. The highest BCUT2D eigenvalue weighted by atomic mass is 16.2. The number of hydrogen-bond donors (Lipinski definition) is 0. The normalized spacial score (nSPS) is 18.4. The van der Waals surface area contributed by atoms with Crippen LogP contribution in [0.4, 0.5) is 0 Å². The van der Waals surface area contributed by atoms with Gasteiger partial charge in [0.05, 0.1) is 6.07 Å². The highest BCUT2D eigenvalue weighted by Crippen LogP contribution is 2.17. The molecule has 1 heterocycles. The quantitative estimate of drug-likeness (QED) is 0.509. The summed E-state index contributed by atoms with van der Waals surface area (Å²) in [6, 6.07) is 2.25. The Kier molecular flexibility index (Phi) is 4.11. The van der Waals surface area contributed by atoms with Crippen LogP contribution in [0.3, 0.4) is 0 Å². The predicted molar refractivity (Wildman–Crippen MR) is 58.9 cm³/mol. The Morgan fingerprint density at radius 1 is 1.53 bits per heavy atom. The second-order valence-corrected chi connectivity index (χ2v) is 3.64. The van der Waals surface area contributed by atoms with Gasteiger partial charge in [-0.3, -0.25) is 4.79 Å². The van der Waals surface area contributed by atoms with Gasteiger partial charge in [0, 0.05) is 24.6 Å². The van der Waals surface area contributed by atoms with Crippen LogP contribution < -0.4 is 0 Å². The summed E-state index contributed by atoms with van der Waals surface area (Å²) in [6.07, 6.45) is 4.93. The summed E-state index contributed by atoms with van der Waals surface area (Å²) < 4.78 is 0. The molecule has 1 saturated heterocycles. The smallest absolute Gasteiger partial charge is 0.253 e. The van der Waals surface area contributed by atoms with Gasteiger partial charge < -0.3 is 4.90 Å². The zero-order chi connectivity index (χ0) is 11.3. The van der Waals surface area contributed by atoms with Gasteiger partial charge in [-0.25, -0.2) is 0 Å². The molecule has 0 spiro atoms. The molecule has 1 amide bonds. The number of amides is 1. The van der Waals surface area contributed by atoms with Gasteiger partial charge in [0.15, 0.2) is 0 Å². The van der Waals surface area contributed by atoms with Crippen LogP contribution in [0.2, 0.25) is 0 Å². The summed E-state index contributed by atoms with van der Waals surface area (Å²) in [5.74, 6) is 0.149. The molecule has 3 nitrogen and oxygen atoms in total. The van der Waals surface area contributed by atoms with Gasteiger partial charge in [-0.15, -0.1) is 0 Å². The van der Waals surface area contributed by atoms with Gasteiger partial charge in [0.25, 0.3) is 5.91 Å². The van der Waals surface area contributed by atoms with Crippen LogP contribution >= 0.6 is 0 Å². The van der Waals surface area contributed by atoms with E-state index in [2.05, 4.69) is 12.6 Å². The molecule has 0 aromatic rings. The second-order valence-electron chi connectivity index (χ2n) is 3.64. The molecule has 1 fully saturated rings. The summed E-state index contributed by atoms with van der Waals surface area (Å²) in [5, 5.41) is 8.74. The molecular formula is C12H16N2O. The van der Waals surface area contributed by atoms with Crippen molar-refractivity contribution in [2.24, 2.45) is 5.92 Å². The van der Waals surface area contributed by atoms with E-state index < -0.39 is 0 Å². The molecule has 0 radical (unpaired) electrons. The van der Waals surface area contributed by atoms with Crippen LogP contribution in [0.25, 0.3) is 0 Å². The third-order valence-electron chi connectivity index (χ3n) is 2.74. The molecule has 0 aromatic heterocycles. The van der Waals surface area contributed by atoms with Crippen molar-refractivity contribution in [3.05, 3.63) is 24.3 Å². The van der Waals surface area contributed by atoms with E-state index in [-0.39, 0.29) is 11.8 Å². The van der Waals surface area contributed by atoms with Gasteiger partial charge in [-0.2, -0.15) is 5.26 Å². The average molecular weight is 204 g/mol. The third kappa shape index (κ3) is 2.69. The minimum Gasteiger partial charge on any atom is -0.339 e. The third-order valence-corrected chi connectivity index (χ3v) is 2.74. The number of allylic oxidation sites excluding steroid dienone is 1. The molecule has 0 aromatic carbocycles. The Balaban J connectivity index is 2.58. The first-order valence-corrected chi connectivity index (χ1v) is 5.20. The van der Waals surface area contributed by atoms with Gasteiger partial charge in [-0.1, -0.05) is 18.7 Å². The Labute approximate surface area is 90.7 Å². The first-order valence-electron chi connectivity index (χ1n) is 5.20. The number of carbonyl (C=O) groups is 1. The highest BCUT2D eigenvalue weighted by molar-refractivity contribution is 5.96. The molecule has 0 atom stereocenters. The summed E-state index contributed by atoms with van der Waals surface area (Å²) in [6.45, 7) is 6.81. The monoisotopic (exact) mass is 204 g/mol. The van der Waals surface area contributed by atoms with E-state index in [0.29, 0.717) is 18.7 Å². The van der Waals surface area contributed by atoms with Crippen molar-refractivity contribution in [3.8, 4) is 6.07 Å². The lowest BCUT2D eigenvalue weighted by Gasteiger charge is -2.29.